The highest BCUT2D eigenvalue weighted by atomic mass is 127. The van der Waals surface area contributed by atoms with Gasteiger partial charge < -0.3 is 20.9 Å². The van der Waals surface area contributed by atoms with Crippen LogP contribution in [0.2, 0.25) is 5.02 Å². The fourth-order valence-electron chi connectivity index (χ4n) is 3.41. The summed E-state index contributed by atoms with van der Waals surface area (Å²) < 4.78 is 12.9. The van der Waals surface area contributed by atoms with E-state index in [1.54, 1.807) is 19.2 Å². The summed E-state index contributed by atoms with van der Waals surface area (Å²) in [6, 6.07) is 14.1. The average Bonchev–Trinajstić information content (AvgIpc) is 3.20. The lowest BCUT2D eigenvalue weighted by atomic mass is 10.1. The van der Waals surface area contributed by atoms with Gasteiger partial charge in [-0.15, -0.1) is 24.0 Å². The highest BCUT2D eigenvalue weighted by Crippen LogP contribution is 2.23. The van der Waals surface area contributed by atoms with Gasteiger partial charge in [0.05, 0.1) is 6.42 Å². The third kappa shape index (κ3) is 8.17. The van der Waals surface area contributed by atoms with Crippen LogP contribution in [-0.2, 0) is 11.2 Å². The van der Waals surface area contributed by atoms with Crippen molar-refractivity contribution in [2.45, 2.75) is 18.9 Å². The second-order valence-corrected chi connectivity index (χ2v) is 7.64. The van der Waals surface area contributed by atoms with Crippen molar-refractivity contribution in [3.8, 4) is 0 Å². The molecule has 0 radical (unpaired) electrons. The average molecular weight is 560 g/mol. The van der Waals surface area contributed by atoms with Gasteiger partial charge in [0.25, 0.3) is 0 Å². The van der Waals surface area contributed by atoms with Crippen molar-refractivity contribution in [3.05, 3.63) is 64.9 Å². The predicted molar refractivity (Wildman–Crippen MR) is 135 cm³/mol. The second kappa shape index (κ2) is 12.7. The summed E-state index contributed by atoms with van der Waals surface area (Å²) in [5.74, 6) is 0.306. The number of carbonyl (C=O) groups is 1. The lowest BCUT2D eigenvalue weighted by Gasteiger charge is -2.20. The monoisotopic (exact) mass is 559 g/mol. The summed E-state index contributed by atoms with van der Waals surface area (Å²) in [6.07, 6.45) is 1.23. The number of guanidine groups is 1. The van der Waals surface area contributed by atoms with Crippen LogP contribution in [0.1, 0.15) is 12.0 Å². The van der Waals surface area contributed by atoms with Crippen LogP contribution >= 0.6 is 35.6 Å². The van der Waals surface area contributed by atoms with E-state index in [0.717, 1.165) is 35.8 Å². The Morgan fingerprint density at radius 3 is 2.65 bits per heavy atom. The van der Waals surface area contributed by atoms with Gasteiger partial charge in [0.1, 0.15) is 5.82 Å². The maximum Gasteiger partial charge on any atom is 0.224 e. The molecule has 2 aromatic rings. The van der Waals surface area contributed by atoms with Crippen molar-refractivity contribution >= 4 is 53.1 Å². The van der Waals surface area contributed by atoms with Crippen molar-refractivity contribution in [1.82, 2.24) is 16.0 Å². The number of rotatable bonds is 7. The largest absolute Gasteiger partial charge is 0.369 e. The molecule has 1 fully saturated rings. The molecular formula is C22H28ClFIN5O. The van der Waals surface area contributed by atoms with E-state index in [1.807, 2.05) is 18.2 Å². The van der Waals surface area contributed by atoms with Crippen LogP contribution in [0.3, 0.4) is 0 Å². The molecule has 31 heavy (non-hydrogen) atoms. The molecule has 1 aliphatic heterocycles. The van der Waals surface area contributed by atoms with E-state index in [0.29, 0.717) is 19.0 Å². The van der Waals surface area contributed by atoms with Crippen molar-refractivity contribution < 1.29 is 9.18 Å². The topological polar surface area (TPSA) is 68.8 Å². The van der Waals surface area contributed by atoms with Crippen LogP contribution in [0.15, 0.2) is 53.5 Å². The summed E-state index contributed by atoms with van der Waals surface area (Å²) >= 11 is 6.09. The summed E-state index contributed by atoms with van der Waals surface area (Å²) in [4.78, 5) is 18.6. The molecule has 1 aliphatic rings. The van der Waals surface area contributed by atoms with Gasteiger partial charge in [-0.3, -0.25) is 9.79 Å². The molecule has 0 spiro atoms. The summed E-state index contributed by atoms with van der Waals surface area (Å²) in [6.45, 7) is 2.85. The van der Waals surface area contributed by atoms with E-state index < -0.39 is 0 Å². The first-order valence-corrected chi connectivity index (χ1v) is 10.4. The van der Waals surface area contributed by atoms with Gasteiger partial charge in [-0.1, -0.05) is 29.8 Å². The third-order valence-corrected chi connectivity index (χ3v) is 5.18. The van der Waals surface area contributed by atoms with Gasteiger partial charge in [0, 0.05) is 50.0 Å². The van der Waals surface area contributed by atoms with Crippen LogP contribution in [-0.4, -0.2) is 51.1 Å². The van der Waals surface area contributed by atoms with Gasteiger partial charge in [0.15, 0.2) is 5.96 Å². The van der Waals surface area contributed by atoms with E-state index in [2.05, 4.69) is 31.9 Å². The molecule has 0 aromatic heterocycles. The third-order valence-electron chi connectivity index (χ3n) is 4.94. The van der Waals surface area contributed by atoms with Crippen molar-refractivity contribution in [2.75, 3.05) is 38.1 Å². The summed E-state index contributed by atoms with van der Waals surface area (Å²) in [5, 5.41) is 10.2. The van der Waals surface area contributed by atoms with Crippen molar-refractivity contribution in [2.24, 2.45) is 4.99 Å². The number of nitrogens with one attached hydrogen (secondary N) is 3. The minimum atomic E-state index is -0.305. The van der Waals surface area contributed by atoms with Crippen LogP contribution in [0.5, 0.6) is 0 Å². The van der Waals surface area contributed by atoms with E-state index in [9.17, 15) is 9.18 Å². The molecule has 1 saturated heterocycles. The smallest absolute Gasteiger partial charge is 0.224 e. The molecule has 0 aliphatic carbocycles. The lowest BCUT2D eigenvalue weighted by molar-refractivity contribution is -0.120. The van der Waals surface area contributed by atoms with E-state index >= 15 is 0 Å². The number of amides is 1. The summed E-state index contributed by atoms with van der Waals surface area (Å²) in [7, 11) is 1.73. The number of hydrogen-bond acceptors (Lipinski definition) is 3. The Kier molecular flexibility index (Phi) is 10.3. The Labute approximate surface area is 204 Å². The first kappa shape index (κ1) is 25.2. The lowest BCUT2D eigenvalue weighted by Crippen LogP contribution is -2.46. The van der Waals surface area contributed by atoms with Gasteiger partial charge in [-0.05, 0) is 42.3 Å². The molecule has 6 nitrogen and oxygen atoms in total. The standard InChI is InChI=1S/C22H27ClFN5O.HI/c1-25-22(27-11-10-26-21(30)13-16-5-7-18(24)8-6-16)28-19-9-12-29(15-19)20-4-2-3-17(23)14-20;/h2-8,14,19H,9-13,15H2,1H3,(H,26,30)(H2,25,27,28);1H. The maximum absolute atomic E-state index is 12.9. The molecule has 3 rings (SSSR count). The minimum Gasteiger partial charge on any atom is -0.369 e. The Morgan fingerprint density at radius 1 is 1.19 bits per heavy atom. The number of nitrogens with zero attached hydrogens (tertiary/aromatic N) is 2. The minimum absolute atomic E-state index is 0. The molecule has 2 aromatic carbocycles. The van der Waals surface area contributed by atoms with Crippen LogP contribution < -0.4 is 20.9 Å². The van der Waals surface area contributed by atoms with Gasteiger partial charge in [-0.25, -0.2) is 4.39 Å². The van der Waals surface area contributed by atoms with Crippen LogP contribution in [0, 0.1) is 5.82 Å². The zero-order valence-corrected chi connectivity index (χ0v) is 20.5. The molecule has 1 heterocycles. The summed E-state index contributed by atoms with van der Waals surface area (Å²) in [5.41, 5.74) is 1.91. The molecule has 0 bridgehead atoms. The number of carbonyl (C=O) groups excluding carboxylic acids is 1. The van der Waals surface area contributed by atoms with E-state index in [1.165, 1.54) is 12.1 Å². The number of halogens is 3. The van der Waals surface area contributed by atoms with Gasteiger partial charge in [-0.2, -0.15) is 0 Å². The number of hydrogen-bond donors (Lipinski definition) is 3. The SMILES string of the molecule is CN=C(NCCNC(=O)Cc1ccc(F)cc1)NC1CCN(c2cccc(Cl)c2)C1.I. The zero-order valence-electron chi connectivity index (χ0n) is 17.4. The predicted octanol–water partition coefficient (Wildman–Crippen LogP) is 3.20. The normalized spacial score (nSPS) is 15.9. The molecule has 1 unspecified atom stereocenters. The van der Waals surface area contributed by atoms with Crippen molar-refractivity contribution in [1.29, 1.82) is 0 Å². The van der Waals surface area contributed by atoms with Gasteiger partial charge >= 0.3 is 0 Å². The molecule has 1 amide bonds. The number of anilines is 1. The van der Waals surface area contributed by atoms with Crippen molar-refractivity contribution in [3.63, 3.8) is 0 Å². The van der Waals surface area contributed by atoms with Gasteiger partial charge in [0.2, 0.25) is 5.91 Å². The first-order valence-electron chi connectivity index (χ1n) is 10.0. The highest BCUT2D eigenvalue weighted by molar-refractivity contribution is 14.0. The van der Waals surface area contributed by atoms with Crippen LogP contribution in [0.4, 0.5) is 10.1 Å². The molecule has 168 valence electrons. The van der Waals surface area contributed by atoms with E-state index in [4.69, 9.17) is 11.6 Å². The molecule has 3 N–H and O–H groups in total. The second-order valence-electron chi connectivity index (χ2n) is 7.21. The first-order chi connectivity index (χ1) is 14.5. The maximum atomic E-state index is 12.9. The number of benzene rings is 2. The van der Waals surface area contributed by atoms with E-state index in [-0.39, 0.29) is 48.2 Å². The molecular weight excluding hydrogens is 532 g/mol. The highest BCUT2D eigenvalue weighted by Gasteiger charge is 2.23. The Morgan fingerprint density at radius 2 is 1.94 bits per heavy atom. The zero-order chi connectivity index (χ0) is 21.3. The quantitative estimate of drug-likeness (QED) is 0.211. The van der Waals surface area contributed by atoms with Crippen LogP contribution in [0.25, 0.3) is 0 Å². The molecule has 9 heteroatoms. The Hall–Kier alpha value is -2.07. The molecule has 0 saturated carbocycles. The number of aliphatic imine (C=N–C) groups is 1. The molecule has 1 atom stereocenters. The fraction of sp³-hybridized carbons (Fsp3) is 0.364. The fourth-order valence-corrected chi connectivity index (χ4v) is 3.59. The Bertz CT molecular complexity index is 880. The Balaban J connectivity index is 0.00000341.